The van der Waals surface area contributed by atoms with Crippen LogP contribution < -0.4 is 5.73 Å². The Morgan fingerprint density at radius 2 is 2.23 bits per heavy atom. The fourth-order valence-corrected chi connectivity index (χ4v) is 2.11. The lowest BCUT2D eigenvalue weighted by Crippen LogP contribution is -1.81. The topological polar surface area (TPSA) is 49.8 Å². The van der Waals surface area contributed by atoms with Crippen LogP contribution >= 0.6 is 11.3 Å². The lowest BCUT2D eigenvalue weighted by molar-refractivity contribution is 0.626. The number of nitriles is 1. The largest absolute Gasteiger partial charge is 0.391 e. The molecule has 0 fully saturated rings. The van der Waals surface area contributed by atoms with Gasteiger partial charge in [-0.15, -0.1) is 11.3 Å². The Balaban J connectivity index is 2.93. The minimum atomic E-state index is -0.489. The van der Waals surface area contributed by atoms with Crippen molar-refractivity contribution >= 4 is 26.4 Å². The molecule has 0 saturated carbocycles. The van der Waals surface area contributed by atoms with Crippen LogP contribution in [0.15, 0.2) is 18.2 Å². The standard InChI is InChI=1S/C9H5FN2S/c10-7-2-1-5-3-8(12)13-9(5)6(7)4-11/h1-3H,12H2. The van der Waals surface area contributed by atoms with E-state index in [1.54, 1.807) is 12.1 Å². The Morgan fingerprint density at radius 3 is 2.92 bits per heavy atom. The molecule has 64 valence electrons. The summed E-state index contributed by atoms with van der Waals surface area (Å²) in [4.78, 5) is 0. The summed E-state index contributed by atoms with van der Waals surface area (Å²) in [6.07, 6.45) is 0. The van der Waals surface area contributed by atoms with Gasteiger partial charge in [-0.05, 0) is 17.5 Å². The maximum atomic E-state index is 13.1. The van der Waals surface area contributed by atoms with Gasteiger partial charge in [0.2, 0.25) is 0 Å². The normalized spacial score (nSPS) is 10.2. The van der Waals surface area contributed by atoms with E-state index in [9.17, 15) is 4.39 Å². The zero-order chi connectivity index (χ0) is 9.42. The molecule has 0 bridgehead atoms. The highest BCUT2D eigenvalue weighted by atomic mass is 32.1. The Morgan fingerprint density at radius 1 is 1.46 bits per heavy atom. The third-order valence-corrected chi connectivity index (χ3v) is 2.76. The molecule has 2 nitrogen and oxygen atoms in total. The van der Waals surface area contributed by atoms with Gasteiger partial charge in [-0.3, -0.25) is 0 Å². The maximum Gasteiger partial charge on any atom is 0.142 e. The molecule has 2 N–H and O–H groups in total. The third kappa shape index (κ3) is 1.14. The predicted molar refractivity (Wildman–Crippen MR) is 50.9 cm³/mol. The SMILES string of the molecule is N#Cc1c(F)ccc2cc(N)sc12. The quantitative estimate of drug-likeness (QED) is 0.697. The van der Waals surface area contributed by atoms with E-state index in [-0.39, 0.29) is 5.56 Å². The average molecular weight is 192 g/mol. The van der Waals surface area contributed by atoms with Gasteiger partial charge in [0.15, 0.2) is 0 Å². The predicted octanol–water partition coefficient (Wildman–Crippen LogP) is 2.49. The molecule has 0 atom stereocenters. The molecule has 0 radical (unpaired) electrons. The number of hydrogen-bond donors (Lipinski definition) is 1. The second-order valence-electron chi connectivity index (χ2n) is 2.60. The fraction of sp³-hybridized carbons (Fsp3) is 0. The highest BCUT2D eigenvalue weighted by Crippen LogP contribution is 2.31. The van der Waals surface area contributed by atoms with Crippen LogP contribution in [0.2, 0.25) is 0 Å². The molecule has 2 rings (SSSR count). The summed E-state index contributed by atoms with van der Waals surface area (Å²) < 4.78 is 13.7. The van der Waals surface area contributed by atoms with E-state index in [0.29, 0.717) is 9.70 Å². The summed E-state index contributed by atoms with van der Waals surface area (Å²) in [7, 11) is 0. The van der Waals surface area contributed by atoms with Crippen molar-refractivity contribution in [2.75, 3.05) is 5.73 Å². The van der Waals surface area contributed by atoms with Crippen molar-refractivity contribution in [1.82, 2.24) is 0 Å². The van der Waals surface area contributed by atoms with Crippen LogP contribution in [0.1, 0.15) is 5.56 Å². The molecule has 13 heavy (non-hydrogen) atoms. The zero-order valence-corrected chi connectivity index (χ0v) is 7.36. The number of halogens is 1. The lowest BCUT2D eigenvalue weighted by Gasteiger charge is -1.93. The highest BCUT2D eigenvalue weighted by molar-refractivity contribution is 7.22. The number of thiophene rings is 1. The molecule has 0 aliphatic heterocycles. The highest BCUT2D eigenvalue weighted by Gasteiger charge is 2.09. The van der Waals surface area contributed by atoms with Crippen molar-refractivity contribution in [3.63, 3.8) is 0 Å². The van der Waals surface area contributed by atoms with E-state index in [1.165, 1.54) is 17.4 Å². The number of nitrogen functional groups attached to an aromatic ring is 1. The lowest BCUT2D eigenvalue weighted by atomic mass is 10.2. The molecule has 2 aromatic rings. The third-order valence-electron chi connectivity index (χ3n) is 1.77. The molecular formula is C9H5FN2S. The van der Waals surface area contributed by atoms with Crippen molar-refractivity contribution in [2.24, 2.45) is 0 Å². The fourth-order valence-electron chi connectivity index (χ4n) is 1.20. The number of fused-ring (bicyclic) bond motifs is 1. The summed E-state index contributed by atoms with van der Waals surface area (Å²) in [5, 5.41) is 10.1. The Bertz CT molecular complexity index is 510. The molecule has 0 unspecified atom stereocenters. The maximum absolute atomic E-state index is 13.1. The van der Waals surface area contributed by atoms with Crippen molar-refractivity contribution < 1.29 is 4.39 Å². The Kier molecular flexibility index (Phi) is 1.67. The van der Waals surface area contributed by atoms with Gasteiger partial charge < -0.3 is 5.73 Å². The monoisotopic (exact) mass is 192 g/mol. The Hall–Kier alpha value is -1.60. The summed E-state index contributed by atoms with van der Waals surface area (Å²) >= 11 is 1.23. The average Bonchev–Trinajstić information content (AvgIpc) is 2.45. The number of nitrogens with two attached hydrogens (primary N) is 1. The van der Waals surface area contributed by atoms with E-state index in [4.69, 9.17) is 11.0 Å². The minimum absolute atomic E-state index is 0.0826. The van der Waals surface area contributed by atoms with Crippen LogP contribution in [0.5, 0.6) is 0 Å². The van der Waals surface area contributed by atoms with E-state index in [2.05, 4.69) is 0 Å². The first kappa shape index (κ1) is 8.02. The Labute approximate surface area is 78.0 Å². The van der Waals surface area contributed by atoms with Gasteiger partial charge in [-0.1, -0.05) is 6.07 Å². The molecule has 0 spiro atoms. The molecule has 0 saturated heterocycles. The second-order valence-corrected chi connectivity index (χ2v) is 3.69. The summed E-state index contributed by atoms with van der Waals surface area (Å²) in [6.45, 7) is 0. The van der Waals surface area contributed by atoms with Crippen LogP contribution in [-0.2, 0) is 0 Å². The summed E-state index contributed by atoms with van der Waals surface area (Å²) in [5.41, 5.74) is 5.63. The first-order valence-electron chi connectivity index (χ1n) is 3.60. The molecule has 1 heterocycles. The molecule has 0 amide bonds. The van der Waals surface area contributed by atoms with Crippen molar-refractivity contribution in [3.05, 3.63) is 29.6 Å². The van der Waals surface area contributed by atoms with Crippen LogP contribution in [0.25, 0.3) is 10.1 Å². The van der Waals surface area contributed by atoms with Gasteiger partial charge in [0, 0.05) is 0 Å². The van der Waals surface area contributed by atoms with Gasteiger partial charge >= 0.3 is 0 Å². The van der Waals surface area contributed by atoms with E-state index >= 15 is 0 Å². The van der Waals surface area contributed by atoms with Gasteiger partial charge in [-0.2, -0.15) is 5.26 Å². The van der Waals surface area contributed by atoms with E-state index < -0.39 is 5.82 Å². The van der Waals surface area contributed by atoms with Gasteiger partial charge in [-0.25, -0.2) is 4.39 Å². The zero-order valence-electron chi connectivity index (χ0n) is 6.54. The van der Waals surface area contributed by atoms with Crippen LogP contribution in [0.3, 0.4) is 0 Å². The van der Waals surface area contributed by atoms with Gasteiger partial charge in [0.1, 0.15) is 17.4 Å². The molecule has 1 aromatic heterocycles. The first-order chi connectivity index (χ1) is 6.22. The number of rotatable bonds is 0. The molecular weight excluding hydrogens is 187 g/mol. The molecule has 1 aromatic carbocycles. The van der Waals surface area contributed by atoms with Gasteiger partial charge in [0.05, 0.1) is 9.70 Å². The van der Waals surface area contributed by atoms with E-state index in [1.807, 2.05) is 6.07 Å². The van der Waals surface area contributed by atoms with Crippen molar-refractivity contribution in [3.8, 4) is 6.07 Å². The first-order valence-corrected chi connectivity index (χ1v) is 4.41. The number of hydrogen-bond acceptors (Lipinski definition) is 3. The van der Waals surface area contributed by atoms with Crippen LogP contribution in [-0.4, -0.2) is 0 Å². The van der Waals surface area contributed by atoms with Crippen molar-refractivity contribution in [1.29, 1.82) is 5.26 Å². The van der Waals surface area contributed by atoms with Crippen LogP contribution in [0, 0.1) is 17.1 Å². The minimum Gasteiger partial charge on any atom is -0.391 e. The summed E-state index contributed by atoms with van der Waals surface area (Å²) in [6, 6.07) is 6.48. The van der Waals surface area contributed by atoms with Crippen LogP contribution in [0.4, 0.5) is 9.39 Å². The smallest absolute Gasteiger partial charge is 0.142 e. The van der Waals surface area contributed by atoms with Gasteiger partial charge in [0.25, 0.3) is 0 Å². The number of benzene rings is 1. The van der Waals surface area contributed by atoms with E-state index in [0.717, 1.165) is 5.39 Å². The molecule has 0 aliphatic rings. The summed E-state index contributed by atoms with van der Waals surface area (Å²) in [5.74, 6) is -0.489. The van der Waals surface area contributed by atoms with Crippen molar-refractivity contribution in [2.45, 2.75) is 0 Å². The molecule has 0 aliphatic carbocycles. The number of nitrogens with zero attached hydrogens (tertiary/aromatic N) is 1. The second kappa shape index (κ2) is 2.71. The molecule has 4 heteroatoms. The number of anilines is 1.